The normalized spacial score (nSPS) is 23.2. The van der Waals surface area contributed by atoms with Gasteiger partial charge in [0.25, 0.3) is 0 Å². The van der Waals surface area contributed by atoms with Crippen molar-refractivity contribution in [3.8, 4) is 5.75 Å². The van der Waals surface area contributed by atoms with E-state index in [4.69, 9.17) is 4.74 Å². The molecule has 2 atom stereocenters. The van der Waals surface area contributed by atoms with Crippen LogP contribution in [-0.2, 0) is 20.9 Å². The van der Waals surface area contributed by atoms with Crippen LogP contribution in [0.3, 0.4) is 0 Å². The molecule has 0 aliphatic carbocycles. The number of benzene rings is 1. The number of piperidine rings is 1. The van der Waals surface area contributed by atoms with Gasteiger partial charge in [-0.15, -0.1) is 0 Å². The van der Waals surface area contributed by atoms with E-state index >= 15 is 0 Å². The summed E-state index contributed by atoms with van der Waals surface area (Å²) in [6.45, 7) is 1.24. The van der Waals surface area contributed by atoms with Crippen LogP contribution in [-0.4, -0.2) is 58.9 Å². The Labute approximate surface area is 152 Å². The Kier molecular flexibility index (Phi) is 5.44. The largest absolute Gasteiger partial charge is 0.497 e. The van der Waals surface area contributed by atoms with Gasteiger partial charge in [-0.05, 0) is 37.0 Å². The Morgan fingerprint density at radius 3 is 2.62 bits per heavy atom. The van der Waals surface area contributed by atoms with E-state index in [0.717, 1.165) is 24.2 Å². The van der Waals surface area contributed by atoms with Crippen molar-refractivity contribution in [2.24, 2.45) is 5.92 Å². The number of hydrogen-bond donors (Lipinski definition) is 1. The van der Waals surface area contributed by atoms with Gasteiger partial charge in [-0.3, -0.25) is 9.59 Å². The first kappa shape index (κ1) is 18.2. The number of carboxylic acids is 1. The summed E-state index contributed by atoms with van der Waals surface area (Å²) in [4.78, 5) is 39.7. The first-order chi connectivity index (χ1) is 12.5. The fourth-order valence-corrected chi connectivity index (χ4v) is 3.73. The maximum Gasteiger partial charge on any atom is 0.326 e. The highest BCUT2D eigenvalue weighted by molar-refractivity contribution is 5.91. The van der Waals surface area contributed by atoms with E-state index in [2.05, 4.69) is 0 Å². The van der Waals surface area contributed by atoms with Gasteiger partial charge in [0.05, 0.1) is 13.0 Å². The maximum atomic E-state index is 12.8. The molecule has 0 spiro atoms. The lowest BCUT2D eigenvalue weighted by atomic mass is 9.98. The van der Waals surface area contributed by atoms with Gasteiger partial charge < -0.3 is 19.6 Å². The topological polar surface area (TPSA) is 87.2 Å². The lowest BCUT2D eigenvalue weighted by molar-refractivity contribution is -0.153. The monoisotopic (exact) mass is 360 g/mol. The predicted molar refractivity (Wildman–Crippen MR) is 93.5 cm³/mol. The molecule has 7 nitrogen and oxygen atoms in total. The van der Waals surface area contributed by atoms with Crippen LogP contribution in [0.25, 0.3) is 0 Å². The second-order valence-corrected chi connectivity index (χ2v) is 6.90. The number of carbonyl (C=O) groups excluding carboxylic acids is 2. The first-order valence-electron chi connectivity index (χ1n) is 8.93. The number of aliphatic carboxylic acids is 1. The zero-order valence-corrected chi connectivity index (χ0v) is 14.9. The average molecular weight is 360 g/mol. The standard InChI is InChI=1S/C19H24N2O5/c1-26-15-7-5-13(6-8-15)11-20-12-14(10-17(20)22)18(23)21-9-3-2-4-16(21)19(24)25/h5-8,14,16H,2-4,9-12H2,1H3,(H,24,25)/t14?,16-/m1/s1. The number of likely N-dealkylation sites (tertiary alicyclic amines) is 2. The second-order valence-electron chi connectivity index (χ2n) is 6.90. The summed E-state index contributed by atoms with van der Waals surface area (Å²) in [7, 11) is 1.60. The minimum atomic E-state index is -0.961. The summed E-state index contributed by atoms with van der Waals surface area (Å²) in [5.41, 5.74) is 0.966. The van der Waals surface area contributed by atoms with Crippen LogP contribution < -0.4 is 4.74 Å². The lowest BCUT2D eigenvalue weighted by Crippen LogP contribution is -2.50. The average Bonchev–Trinajstić information content (AvgIpc) is 3.02. The van der Waals surface area contributed by atoms with Crippen molar-refractivity contribution in [2.45, 2.75) is 38.3 Å². The number of rotatable bonds is 5. The summed E-state index contributed by atoms with van der Waals surface area (Å²) in [5, 5.41) is 9.36. The first-order valence-corrected chi connectivity index (χ1v) is 8.93. The van der Waals surface area contributed by atoms with E-state index in [1.165, 1.54) is 4.90 Å². The molecule has 2 aliphatic rings. The van der Waals surface area contributed by atoms with Gasteiger partial charge >= 0.3 is 5.97 Å². The highest BCUT2D eigenvalue weighted by atomic mass is 16.5. The molecule has 3 rings (SSSR count). The number of hydrogen-bond acceptors (Lipinski definition) is 4. The lowest BCUT2D eigenvalue weighted by Gasteiger charge is -2.34. The summed E-state index contributed by atoms with van der Waals surface area (Å²) in [6.07, 6.45) is 2.26. The molecule has 0 bridgehead atoms. The van der Waals surface area contributed by atoms with Crippen molar-refractivity contribution in [1.82, 2.24) is 9.80 Å². The van der Waals surface area contributed by atoms with Crippen LogP contribution >= 0.6 is 0 Å². The fraction of sp³-hybridized carbons (Fsp3) is 0.526. The number of nitrogens with zero attached hydrogens (tertiary/aromatic N) is 2. The molecule has 1 unspecified atom stereocenters. The Hall–Kier alpha value is -2.57. The van der Waals surface area contributed by atoms with Gasteiger partial charge in [0.1, 0.15) is 11.8 Å². The summed E-state index contributed by atoms with van der Waals surface area (Å²) in [5.74, 6) is -0.941. The summed E-state index contributed by atoms with van der Waals surface area (Å²) >= 11 is 0. The smallest absolute Gasteiger partial charge is 0.326 e. The zero-order chi connectivity index (χ0) is 18.7. The highest BCUT2D eigenvalue weighted by Crippen LogP contribution is 2.26. The van der Waals surface area contributed by atoms with Crippen molar-refractivity contribution >= 4 is 17.8 Å². The van der Waals surface area contributed by atoms with Crippen LogP contribution in [0.1, 0.15) is 31.2 Å². The number of amides is 2. The number of ether oxygens (including phenoxy) is 1. The van der Waals surface area contributed by atoms with Crippen LogP contribution in [0.4, 0.5) is 0 Å². The Balaban J connectivity index is 1.64. The molecule has 0 saturated carbocycles. The van der Waals surface area contributed by atoms with E-state index in [1.807, 2.05) is 24.3 Å². The van der Waals surface area contributed by atoms with Gasteiger partial charge in [-0.1, -0.05) is 12.1 Å². The molecule has 7 heteroatoms. The van der Waals surface area contributed by atoms with E-state index in [1.54, 1.807) is 12.0 Å². The third kappa shape index (κ3) is 3.81. The minimum Gasteiger partial charge on any atom is -0.497 e. The number of carbonyl (C=O) groups is 3. The molecule has 2 fully saturated rings. The highest BCUT2D eigenvalue weighted by Gasteiger charge is 2.40. The van der Waals surface area contributed by atoms with E-state index in [0.29, 0.717) is 26.1 Å². The second kappa shape index (κ2) is 7.76. The quantitative estimate of drug-likeness (QED) is 0.860. The molecule has 2 amide bonds. The van der Waals surface area contributed by atoms with Gasteiger partial charge in [0.15, 0.2) is 0 Å². The number of carboxylic acid groups (broad SMARTS) is 1. The Morgan fingerprint density at radius 2 is 1.96 bits per heavy atom. The van der Waals surface area contributed by atoms with Crippen molar-refractivity contribution in [3.05, 3.63) is 29.8 Å². The van der Waals surface area contributed by atoms with Crippen molar-refractivity contribution in [3.63, 3.8) is 0 Å². The summed E-state index contributed by atoms with van der Waals surface area (Å²) in [6, 6.07) is 6.70. The van der Waals surface area contributed by atoms with Crippen LogP contribution in [0, 0.1) is 5.92 Å². The van der Waals surface area contributed by atoms with E-state index in [-0.39, 0.29) is 18.2 Å². The van der Waals surface area contributed by atoms with Crippen LogP contribution in [0.15, 0.2) is 24.3 Å². The molecule has 1 aromatic rings. The van der Waals surface area contributed by atoms with E-state index in [9.17, 15) is 19.5 Å². The molecule has 2 saturated heterocycles. The molecule has 2 aliphatic heterocycles. The molecule has 0 aromatic heterocycles. The summed E-state index contributed by atoms with van der Waals surface area (Å²) < 4.78 is 5.13. The minimum absolute atomic E-state index is 0.0666. The molecule has 1 N–H and O–H groups in total. The third-order valence-electron chi connectivity index (χ3n) is 5.17. The fourth-order valence-electron chi connectivity index (χ4n) is 3.73. The molecular formula is C19H24N2O5. The van der Waals surface area contributed by atoms with Crippen LogP contribution in [0.2, 0.25) is 0 Å². The third-order valence-corrected chi connectivity index (χ3v) is 5.17. The molecule has 1 aromatic carbocycles. The van der Waals surface area contributed by atoms with Gasteiger partial charge in [0, 0.05) is 26.1 Å². The SMILES string of the molecule is COc1ccc(CN2CC(C(=O)N3CCCC[C@@H]3C(=O)O)CC2=O)cc1. The van der Waals surface area contributed by atoms with Crippen molar-refractivity contribution < 1.29 is 24.2 Å². The Morgan fingerprint density at radius 1 is 1.23 bits per heavy atom. The molecule has 140 valence electrons. The Bertz CT molecular complexity index is 688. The zero-order valence-electron chi connectivity index (χ0n) is 14.9. The van der Waals surface area contributed by atoms with Gasteiger partial charge in [0.2, 0.25) is 11.8 Å². The van der Waals surface area contributed by atoms with Crippen LogP contribution in [0.5, 0.6) is 5.75 Å². The molecule has 26 heavy (non-hydrogen) atoms. The molecule has 2 heterocycles. The number of methoxy groups -OCH3 is 1. The van der Waals surface area contributed by atoms with E-state index < -0.39 is 17.9 Å². The molecular weight excluding hydrogens is 336 g/mol. The van der Waals surface area contributed by atoms with Gasteiger partial charge in [-0.2, -0.15) is 0 Å². The van der Waals surface area contributed by atoms with Crippen molar-refractivity contribution in [2.75, 3.05) is 20.2 Å². The van der Waals surface area contributed by atoms with Crippen molar-refractivity contribution in [1.29, 1.82) is 0 Å². The maximum absolute atomic E-state index is 12.8. The predicted octanol–water partition coefficient (Wildman–Crippen LogP) is 1.51. The molecule has 0 radical (unpaired) electrons. The van der Waals surface area contributed by atoms with Gasteiger partial charge in [-0.25, -0.2) is 4.79 Å².